The van der Waals surface area contributed by atoms with E-state index in [-0.39, 0.29) is 5.75 Å². The van der Waals surface area contributed by atoms with Crippen LogP contribution in [0.15, 0.2) is 42.5 Å². The second-order valence-corrected chi connectivity index (χ2v) is 5.43. The topological polar surface area (TPSA) is 35.5 Å². The molecule has 0 aromatic heterocycles. The maximum Gasteiger partial charge on any atom is 0.122 e. The molecule has 0 saturated carbocycles. The summed E-state index contributed by atoms with van der Waals surface area (Å²) in [5.74, 6) is 0.217. The first-order valence-corrected chi connectivity index (χ1v) is 6.88. The van der Waals surface area contributed by atoms with Crippen LogP contribution < -0.4 is 5.32 Å². The van der Waals surface area contributed by atoms with Crippen LogP contribution in [0, 0.1) is 0 Å². The summed E-state index contributed by atoms with van der Waals surface area (Å²) in [7, 11) is 4.10. The lowest BCUT2D eigenvalue weighted by atomic mass is 10.1. The van der Waals surface area contributed by atoms with Crippen LogP contribution in [0.1, 0.15) is 11.1 Å². The predicted octanol–water partition coefficient (Wildman–Crippen LogP) is 3.72. The Morgan fingerprint density at radius 3 is 2.40 bits per heavy atom. The number of hydrogen-bond acceptors (Lipinski definition) is 3. The normalized spacial score (nSPS) is 10.8. The molecule has 4 heteroatoms. The molecule has 20 heavy (non-hydrogen) atoms. The summed E-state index contributed by atoms with van der Waals surface area (Å²) >= 11 is 6.07. The molecule has 0 atom stereocenters. The number of benzene rings is 2. The number of halogens is 1. The van der Waals surface area contributed by atoms with Crippen molar-refractivity contribution in [2.45, 2.75) is 13.1 Å². The summed E-state index contributed by atoms with van der Waals surface area (Å²) in [6, 6.07) is 13.4. The van der Waals surface area contributed by atoms with E-state index in [2.05, 4.69) is 22.3 Å². The fourth-order valence-electron chi connectivity index (χ4n) is 2.01. The van der Waals surface area contributed by atoms with Gasteiger partial charge in [0, 0.05) is 29.4 Å². The van der Waals surface area contributed by atoms with Crippen LogP contribution in [-0.4, -0.2) is 24.1 Å². The van der Waals surface area contributed by atoms with Crippen LogP contribution in [-0.2, 0) is 13.1 Å². The molecule has 0 fully saturated rings. The minimum Gasteiger partial charge on any atom is -0.508 e. The standard InChI is InChI=1S/C16H19ClN2O/c1-19(2)11-12-6-8-13(9-7-12)18-10-14-15(17)4-3-5-16(14)20/h3-9,18,20H,10-11H2,1-2H3. The second-order valence-electron chi connectivity index (χ2n) is 5.03. The Labute approximate surface area is 124 Å². The average molecular weight is 291 g/mol. The Morgan fingerprint density at radius 2 is 1.80 bits per heavy atom. The number of aromatic hydroxyl groups is 1. The van der Waals surface area contributed by atoms with Gasteiger partial charge < -0.3 is 15.3 Å². The van der Waals surface area contributed by atoms with E-state index in [0.717, 1.165) is 12.2 Å². The van der Waals surface area contributed by atoms with Crippen LogP contribution in [0.2, 0.25) is 5.02 Å². The molecule has 3 nitrogen and oxygen atoms in total. The number of nitrogens with one attached hydrogen (secondary N) is 1. The zero-order valence-electron chi connectivity index (χ0n) is 11.7. The molecule has 2 aromatic carbocycles. The Balaban J connectivity index is 2.00. The largest absolute Gasteiger partial charge is 0.508 e. The lowest BCUT2D eigenvalue weighted by molar-refractivity contribution is 0.402. The highest BCUT2D eigenvalue weighted by Gasteiger charge is 2.05. The van der Waals surface area contributed by atoms with Gasteiger partial charge in [-0.2, -0.15) is 0 Å². The fraction of sp³-hybridized carbons (Fsp3) is 0.250. The molecule has 0 aliphatic heterocycles. The minimum atomic E-state index is 0.217. The van der Waals surface area contributed by atoms with Gasteiger partial charge in [0.05, 0.1) is 0 Å². The molecule has 0 amide bonds. The maximum absolute atomic E-state index is 9.78. The molecule has 0 spiro atoms. The van der Waals surface area contributed by atoms with Crippen LogP contribution in [0.3, 0.4) is 0 Å². The van der Waals surface area contributed by atoms with Crippen LogP contribution in [0.25, 0.3) is 0 Å². The fourth-order valence-corrected chi connectivity index (χ4v) is 2.24. The first-order chi connectivity index (χ1) is 9.56. The van der Waals surface area contributed by atoms with Gasteiger partial charge in [-0.3, -0.25) is 0 Å². The number of phenols is 1. The lowest BCUT2D eigenvalue weighted by Crippen LogP contribution is -2.10. The van der Waals surface area contributed by atoms with Gasteiger partial charge in [0.1, 0.15) is 5.75 Å². The summed E-state index contributed by atoms with van der Waals surface area (Å²) in [6.07, 6.45) is 0. The van der Waals surface area contributed by atoms with Crippen molar-refractivity contribution in [2.75, 3.05) is 19.4 Å². The third kappa shape index (κ3) is 3.89. The number of hydrogen-bond donors (Lipinski definition) is 2. The molecule has 0 radical (unpaired) electrons. The van der Waals surface area contributed by atoms with Crippen LogP contribution in [0.4, 0.5) is 5.69 Å². The molecule has 2 N–H and O–H groups in total. The van der Waals surface area contributed by atoms with Gasteiger partial charge in [0.15, 0.2) is 0 Å². The van der Waals surface area contributed by atoms with E-state index < -0.39 is 0 Å². The van der Waals surface area contributed by atoms with Crippen molar-refractivity contribution in [1.29, 1.82) is 0 Å². The predicted molar refractivity (Wildman–Crippen MR) is 84.3 cm³/mol. The minimum absolute atomic E-state index is 0.217. The van der Waals surface area contributed by atoms with Crippen molar-refractivity contribution in [1.82, 2.24) is 4.90 Å². The molecule has 2 rings (SSSR count). The molecule has 0 unspecified atom stereocenters. The molecular weight excluding hydrogens is 272 g/mol. The smallest absolute Gasteiger partial charge is 0.122 e. The zero-order chi connectivity index (χ0) is 14.5. The number of phenolic OH excluding ortho intramolecular Hbond substituents is 1. The molecule has 0 heterocycles. The highest BCUT2D eigenvalue weighted by molar-refractivity contribution is 6.31. The van der Waals surface area contributed by atoms with Gasteiger partial charge in [-0.25, -0.2) is 0 Å². The van der Waals surface area contributed by atoms with E-state index in [0.29, 0.717) is 17.1 Å². The molecule has 106 valence electrons. The number of nitrogens with zero attached hydrogens (tertiary/aromatic N) is 1. The molecular formula is C16H19ClN2O. The van der Waals surface area contributed by atoms with Gasteiger partial charge in [-0.15, -0.1) is 0 Å². The van der Waals surface area contributed by atoms with E-state index in [4.69, 9.17) is 11.6 Å². The quantitative estimate of drug-likeness (QED) is 0.881. The van der Waals surface area contributed by atoms with Crippen LogP contribution in [0.5, 0.6) is 5.75 Å². The monoisotopic (exact) mass is 290 g/mol. The van der Waals surface area contributed by atoms with Gasteiger partial charge in [-0.1, -0.05) is 29.8 Å². The number of rotatable bonds is 5. The van der Waals surface area contributed by atoms with Gasteiger partial charge in [0.2, 0.25) is 0 Å². The Hall–Kier alpha value is -1.71. The van der Waals surface area contributed by atoms with Crippen molar-refractivity contribution in [3.8, 4) is 5.75 Å². The zero-order valence-corrected chi connectivity index (χ0v) is 12.5. The Morgan fingerprint density at radius 1 is 1.10 bits per heavy atom. The highest BCUT2D eigenvalue weighted by Crippen LogP contribution is 2.26. The van der Waals surface area contributed by atoms with Gasteiger partial charge in [0.25, 0.3) is 0 Å². The van der Waals surface area contributed by atoms with Crippen molar-refractivity contribution in [2.24, 2.45) is 0 Å². The van der Waals surface area contributed by atoms with Crippen molar-refractivity contribution < 1.29 is 5.11 Å². The van der Waals surface area contributed by atoms with Gasteiger partial charge in [-0.05, 0) is 43.9 Å². The number of anilines is 1. The average Bonchev–Trinajstić information content (AvgIpc) is 2.39. The van der Waals surface area contributed by atoms with E-state index >= 15 is 0 Å². The molecule has 0 saturated heterocycles. The van der Waals surface area contributed by atoms with Crippen molar-refractivity contribution in [3.63, 3.8) is 0 Å². The molecule has 0 aliphatic carbocycles. The van der Waals surface area contributed by atoms with Crippen molar-refractivity contribution >= 4 is 17.3 Å². The Kier molecular flexibility index (Phi) is 4.88. The summed E-state index contributed by atoms with van der Waals surface area (Å²) < 4.78 is 0. The molecule has 0 aliphatic rings. The summed E-state index contributed by atoms with van der Waals surface area (Å²) in [6.45, 7) is 1.42. The maximum atomic E-state index is 9.78. The van der Waals surface area contributed by atoms with Crippen LogP contribution >= 0.6 is 11.6 Å². The summed E-state index contributed by atoms with van der Waals surface area (Å²) in [5.41, 5.74) is 2.99. The molecule has 0 bridgehead atoms. The summed E-state index contributed by atoms with van der Waals surface area (Å²) in [5, 5.41) is 13.6. The van der Waals surface area contributed by atoms with Crippen molar-refractivity contribution in [3.05, 3.63) is 58.6 Å². The Bertz CT molecular complexity index is 547. The SMILES string of the molecule is CN(C)Cc1ccc(NCc2c(O)cccc2Cl)cc1. The van der Waals surface area contributed by atoms with E-state index in [1.165, 1.54) is 5.56 Å². The third-order valence-corrected chi connectivity index (χ3v) is 3.37. The van der Waals surface area contributed by atoms with Gasteiger partial charge >= 0.3 is 0 Å². The first kappa shape index (κ1) is 14.7. The highest BCUT2D eigenvalue weighted by atomic mass is 35.5. The summed E-state index contributed by atoms with van der Waals surface area (Å²) in [4.78, 5) is 2.13. The third-order valence-electron chi connectivity index (χ3n) is 3.02. The van der Waals surface area contributed by atoms with E-state index in [9.17, 15) is 5.11 Å². The van der Waals surface area contributed by atoms with E-state index in [1.807, 2.05) is 26.2 Å². The second kappa shape index (κ2) is 6.64. The van der Waals surface area contributed by atoms with E-state index in [1.54, 1.807) is 18.2 Å². The first-order valence-electron chi connectivity index (χ1n) is 6.50. The molecule has 2 aromatic rings. The lowest BCUT2D eigenvalue weighted by Gasteiger charge is -2.12.